The molecule has 1 unspecified atom stereocenters. The highest BCUT2D eigenvalue weighted by molar-refractivity contribution is 6.36. The zero-order chi connectivity index (χ0) is 14.1. The van der Waals surface area contributed by atoms with Crippen LogP contribution in [-0.4, -0.2) is 48.9 Å². The lowest BCUT2D eigenvalue weighted by Gasteiger charge is -2.31. The normalized spacial score (nSPS) is 24.4. The van der Waals surface area contributed by atoms with Crippen molar-refractivity contribution in [1.82, 2.24) is 10.2 Å². The van der Waals surface area contributed by atoms with Gasteiger partial charge in [-0.15, -0.1) is 0 Å². The topological polar surface area (TPSA) is 52.7 Å². The Bertz CT molecular complexity index is 543. The maximum absolute atomic E-state index is 12.6. The predicted octanol–water partition coefficient (Wildman–Crippen LogP) is 0.877. The molecule has 6 heteroatoms. The number of carbonyl (C=O) groups is 2. The zero-order valence-corrected chi connectivity index (χ0v) is 11.8. The van der Waals surface area contributed by atoms with Gasteiger partial charge in [-0.2, -0.15) is 0 Å². The first-order chi connectivity index (χ1) is 9.68. The van der Waals surface area contributed by atoms with Crippen LogP contribution in [-0.2, 0) is 9.59 Å². The van der Waals surface area contributed by atoms with E-state index >= 15 is 0 Å². The monoisotopic (exact) mass is 293 g/mol. The molecule has 20 heavy (non-hydrogen) atoms. The molecule has 3 rings (SSSR count). The van der Waals surface area contributed by atoms with E-state index < -0.39 is 0 Å². The summed E-state index contributed by atoms with van der Waals surface area (Å²) < 4.78 is 0. The van der Waals surface area contributed by atoms with E-state index in [0.717, 1.165) is 26.2 Å². The molecule has 5 nitrogen and oxygen atoms in total. The summed E-state index contributed by atoms with van der Waals surface area (Å²) in [5, 5.41) is 3.67. The molecule has 1 aromatic carbocycles. The fourth-order valence-corrected chi connectivity index (χ4v) is 3.00. The molecule has 0 saturated carbocycles. The number of para-hydroxylation sites is 1. The van der Waals surface area contributed by atoms with E-state index in [1.165, 1.54) is 4.90 Å². The first kappa shape index (κ1) is 13.5. The third-order valence-electron chi connectivity index (χ3n) is 3.81. The lowest BCUT2D eigenvalue weighted by Crippen LogP contribution is -2.51. The minimum Gasteiger partial charge on any atom is -0.314 e. The highest BCUT2D eigenvalue weighted by Gasteiger charge is 2.43. The number of nitrogens with zero attached hydrogens (tertiary/aromatic N) is 2. The largest absolute Gasteiger partial charge is 0.314 e. The van der Waals surface area contributed by atoms with E-state index in [4.69, 9.17) is 11.6 Å². The van der Waals surface area contributed by atoms with Crippen molar-refractivity contribution in [2.24, 2.45) is 0 Å². The van der Waals surface area contributed by atoms with Crippen LogP contribution in [0.4, 0.5) is 5.69 Å². The average molecular weight is 294 g/mol. The second kappa shape index (κ2) is 5.52. The molecule has 2 aliphatic rings. The summed E-state index contributed by atoms with van der Waals surface area (Å²) >= 11 is 6.10. The van der Waals surface area contributed by atoms with Gasteiger partial charge in [-0.3, -0.25) is 14.5 Å². The quantitative estimate of drug-likeness (QED) is 0.823. The Morgan fingerprint density at radius 3 is 2.55 bits per heavy atom. The number of carbonyl (C=O) groups excluding carboxylic acids is 2. The molecule has 2 aliphatic heterocycles. The average Bonchev–Trinajstić information content (AvgIpc) is 2.76. The Morgan fingerprint density at radius 1 is 1.15 bits per heavy atom. The number of halogens is 1. The van der Waals surface area contributed by atoms with E-state index in [2.05, 4.69) is 10.2 Å². The lowest BCUT2D eigenvalue weighted by atomic mass is 10.2. The third kappa shape index (κ3) is 2.32. The second-order valence-electron chi connectivity index (χ2n) is 5.02. The third-order valence-corrected chi connectivity index (χ3v) is 4.13. The van der Waals surface area contributed by atoms with Crippen molar-refractivity contribution in [2.45, 2.75) is 12.5 Å². The lowest BCUT2D eigenvalue weighted by molar-refractivity contribution is -0.123. The van der Waals surface area contributed by atoms with Gasteiger partial charge in [0.2, 0.25) is 5.91 Å². The molecule has 2 heterocycles. The number of hydrogen-bond donors (Lipinski definition) is 1. The fourth-order valence-electron chi connectivity index (χ4n) is 2.78. The van der Waals surface area contributed by atoms with E-state index in [1.807, 2.05) is 0 Å². The van der Waals surface area contributed by atoms with E-state index in [9.17, 15) is 9.59 Å². The van der Waals surface area contributed by atoms with Crippen LogP contribution in [0.2, 0.25) is 5.02 Å². The van der Waals surface area contributed by atoms with Gasteiger partial charge in [0.1, 0.15) is 0 Å². The van der Waals surface area contributed by atoms with Crippen LogP contribution < -0.4 is 10.2 Å². The van der Waals surface area contributed by atoms with Gasteiger partial charge in [-0.05, 0) is 12.1 Å². The van der Waals surface area contributed by atoms with Crippen molar-refractivity contribution in [2.75, 3.05) is 31.1 Å². The molecule has 0 aliphatic carbocycles. The summed E-state index contributed by atoms with van der Waals surface area (Å²) in [6.45, 7) is 3.29. The summed E-state index contributed by atoms with van der Waals surface area (Å²) in [6.07, 6.45) is 0.240. The minimum atomic E-state index is -0.346. The van der Waals surface area contributed by atoms with Crippen LogP contribution >= 0.6 is 11.6 Å². The van der Waals surface area contributed by atoms with Crippen molar-refractivity contribution in [3.8, 4) is 0 Å². The molecule has 0 aromatic heterocycles. The summed E-state index contributed by atoms with van der Waals surface area (Å²) in [4.78, 5) is 28.1. The Hall–Kier alpha value is -1.43. The number of piperazine rings is 1. The van der Waals surface area contributed by atoms with Gasteiger partial charge in [0.25, 0.3) is 5.91 Å². The van der Waals surface area contributed by atoms with Crippen molar-refractivity contribution < 1.29 is 9.59 Å². The van der Waals surface area contributed by atoms with Gasteiger partial charge in [0.05, 0.1) is 23.2 Å². The molecule has 106 valence electrons. The molecule has 1 aromatic rings. The summed E-state index contributed by atoms with van der Waals surface area (Å²) in [5.41, 5.74) is 0.488. The summed E-state index contributed by atoms with van der Waals surface area (Å²) in [6, 6.07) is 6.61. The van der Waals surface area contributed by atoms with Crippen LogP contribution in [0, 0.1) is 0 Å². The highest BCUT2D eigenvalue weighted by Crippen LogP contribution is 2.31. The van der Waals surface area contributed by atoms with E-state index in [1.54, 1.807) is 24.3 Å². The zero-order valence-electron chi connectivity index (χ0n) is 11.0. The van der Waals surface area contributed by atoms with Crippen LogP contribution in [0.3, 0.4) is 0 Å². The Kier molecular flexibility index (Phi) is 3.74. The second-order valence-corrected chi connectivity index (χ2v) is 5.43. The predicted molar refractivity (Wildman–Crippen MR) is 76.8 cm³/mol. The number of benzene rings is 1. The van der Waals surface area contributed by atoms with E-state index in [0.29, 0.717) is 10.7 Å². The maximum Gasteiger partial charge on any atom is 0.251 e. The van der Waals surface area contributed by atoms with Crippen molar-refractivity contribution in [3.05, 3.63) is 29.3 Å². The fraction of sp³-hybridized carbons (Fsp3) is 0.429. The number of rotatable bonds is 2. The van der Waals surface area contributed by atoms with Gasteiger partial charge in [0.15, 0.2) is 0 Å². The van der Waals surface area contributed by atoms with E-state index in [-0.39, 0.29) is 24.3 Å². The SMILES string of the molecule is O=C1CC(N2CCNCC2)C(=O)N1c1ccccc1Cl. The first-order valence-electron chi connectivity index (χ1n) is 6.74. The minimum absolute atomic E-state index is 0.162. The van der Waals surface area contributed by atoms with Crippen LogP contribution in [0.15, 0.2) is 24.3 Å². The molecular weight excluding hydrogens is 278 g/mol. The number of anilines is 1. The van der Waals surface area contributed by atoms with Gasteiger partial charge in [-0.1, -0.05) is 23.7 Å². The van der Waals surface area contributed by atoms with Crippen molar-refractivity contribution >= 4 is 29.1 Å². The molecule has 0 radical (unpaired) electrons. The number of amides is 2. The molecule has 2 saturated heterocycles. The Morgan fingerprint density at radius 2 is 1.85 bits per heavy atom. The standard InChI is InChI=1S/C14H16ClN3O2/c15-10-3-1-2-4-11(10)18-13(19)9-12(14(18)20)17-7-5-16-6-8-17/h1-4,12,16H,5-9H2. The van der Waals surface area contributed by atoms with Crippen LogP contribution in [0.25, 0.3) is 0 Å². The summed E-state index contributed by atoms with van der Waals surface area (Å²) in [5.74, 6) is -0.336. The van der Waals surface area contributed by atoms with Gasteiger partial charge < -0.3 is 5.32 Å². The first-order valence-corrected chi connectivity index (χ1v) is 7.12. The number of hydrogen-bond acceptors (Lipinski definition) is 4. The molecule has 1 atom stereocenters. The summed E-state index contributed by atoms with van der Waals surface area (Å²) in [7, 11) is 0. The molecule has 0 spiro atoms. The maximum atomic E-state index is 12.6. The van der Waals surface area contributed by atoms with Crippen molar-refractivity contribution in [3.63, 3.8) is 0 Å². The Labute approximate surface area is 122 Å². The highest BCUT2D eigenvalue weighted by atomic mass is 35.5. The van der Waals surface area contributed by atoms with Crippen LogP contribution in [0.5, 0.6) is 0 Å². The van der Waals surface area contributed by atoms with Crippen LogP contribution in [0.1, 0.15) is 6.42 Å². The number of nitrogens with one attached hydrogen (secondary N) is 1. The van der Waals surface area contributed by atoms with Gasteiger partial charge in [0, 0.05) is 26.2 Å². The Balaban J connectivity index is 1.85. The molecular formula is C14H16ClN3O2. The molecule has 2 fully saturated rings. The molecule has 1 N–H and O–H groups in total. The van der Waals surface area contributed by atoms with Gasteiger partial charge >= 0.3 is 0 Å². The smallest absolute Gasteiger partial charge is 0.251 e. The van der Waals surface area contributed by atoms with Crippen molar-refractivity contribution in [1.29, 1.82) is 0 Å². The van der Waals surface area contributed by atoms with Gasteiger partial charge in [-0.25, -0.2) is 4.90 Å². The number of imide groups is 1. The molecule has 0 bridgehead atoms. The molecule has 2 amide bonds.